The Bertz CT molecular complexity index is 306. The summed E-state index contributed by atoms with van der Waals surface area (Å²) < 4.78 is 0. The van der Waals surface area contributed by atoms with Crippen LogP contribution < -0.4 is 0 Å². The molecule has 1 aromatic carbocycles. The Morgan fingerprint density at radius 3 is 2.47 bits per heavy atom. The van der Waals surface area contributed by atoms with Gasteiger partial charge in [0.2, 0.25) is 0 Å². The smallest absolute Gasteiger partial charge is 0.00720 e. The van der Waals surface area contributed by atoms with Gasteiger partial charge in [0.25, 0.3) is 0 Å². The third-order valence-corrected chi connectivity index (χ3v) is 3.87. The van der Waals surface area contributed by atoms with E-state index in [4.69, 9.17) is 0 Å². The summed E-state index contributed by atoms with van der Waals surface area (Å²) in [5.41, 5.74) is 1.40. The first kappa shape index (κ1) is 14.6. The Hall–Kier alpha value is -0.430. The van der Waals surface area contributed by atoms with Crippen LogP contribution in [-0.2, 0) is 6.42 Å². The van der Waals surface area contributed by atoms with E-state index in [1.54, 1.807) is 0 Å². The molecule has 1 unspecified atom stereocenters. The van der Waals surface area contributed by atoms with Gasteiger partial charge in [0.1, 0.15) is 0 Å². The van der Waals surface area contributed by atoms with Gasteiger partial charge in [-0.15, -0.1) is 12.6 Å². The highest BCUT2D eigenvalue weighted by molar-refractivity contribution is 7.80. The highest BCUT2D eigenvalue weighted by Gasteiger charge is 2.03. The average molecular weight is 250 g/mol. The first-order valence-electron chi connectivity index (χ1n) is 7.01. The highest BCUT2D eigenvalue weighted by Crippen LogP contribution is 2.19. The van der Waals surface area contributed by atoms with Gasteiger partial charge in [0, 0.05) is 4.90 Å². The average Bonchev–Trinajstić information content (AvgIpc) is 2.32. The molecule has 0 aliphatic carbocycles. The van der Waals surface area contributed by atoms with Crippen molar-refractivity contribution in [2.45, 2.75) is 63.7 Å². The van der Waals surface area contributed by atoms with Crippen LogP contribution in [0.2, 0.25) is 0 Å². The molecule has 0 radical (unpaired) electrons. The Labute approximate surface area is 112 Å². The molecule has 0 saturated carbocycles. The van der Waals surface area contributed by atoms with Crippen LogP contribution in [0.1, 0.15) is 57.9 Å². The van der Waals surface area contributed by atoms with Crippen molar-refractivity contribution in [3.05, 3.63) is 29.8 Å². The Morgan fingerprint density at radius 2 is 1.76 bits per heavy atom. The quantitative estimate of drug-likeness (QED) is 0.456. The number of benzene rings is 1. The molecule has 1 rings (SSSR count). The van der Waals surface area contributed by atoms with Crippen LogP contribution in [0.3, 0.4) is 0 Å². The zero-order valence-electron chi connectivity index (χ0n) is 11.3. The van der Waals surface area contributed by atoms with Gasteiger partial charge in [0.05, 0.1) is 0 Å². The third-order valence-electron chi connectivity index (χ3n) is 3.44. The lowest BCUT2D eigenvalue weighted by Crippen LogP contribution is -1.97. The van der Waals surface area contributed by atoms with Gasteiger partial charge in [-0.1, -0.05) is 64.2 Å². The van der Waals surface area contributed by atoms with E-state index < -0.39 is 0 Å². The normalized spacial score (nSPS) is 12.6. The monoisotopic (exact) mass is 250 g/mol. The maximum absolute atomic E-state index is 4.49. The predicted molar refractivity (Wildman–Crippen MR) is 79.9 cm³/mol. The molecular formula is C16H26S. The maximum Gasteiger partial charge on any atom is 0.00720 e. The van der Waals surface area contributed by atoms with Crippen LogP contribution in [0.25, 0.3) is 0 Å². The van der Waals surface area contributed by atoms with Crippen molar-refractivity contribution in [1.82, 2.24) is 0 Å². The molecule has 1 aromatic rings. The van der Waals surface area contributed by atoms with Crippen LogP contribution in [-0.4, -0.2) is 0 Å². The second-order valence-corrected chi connectivity index (χ2v) is 5.60. The summed E-state index contributed by atoms with van der Waals surface area (Å²) >= 11 is 4.49. The van der Waals surface area contributed by atoms with Crippen molar-refractivity contribution in [3.8, 4) is 0 Å². The van der Waals surface area contributed by atoms with Crippen molar-refractivity contribution >= 4 is 12.6 Å². The summed E-state index contributed by atoms with van der Waals surface area (Å²) in [6.07, 6.45) is 9.36. The summed E-state index contributed by atoms with van der Waals surface area (Å²) in [4.78, 5) is 1.14. The van der Waals surface area contributed by atoms with Crippen LogP contribution in [0, 0.1) is 5.92 Å². The van der Waals surface area contributed by atoms with Crippen LogP contribution in [0.15, 0.2) is 29.2 Å². The van der Waals surface area contributed by atoms with E-state index >= 15 is 0 Å². The number of thiol groups is 1. The van der Waals surface area contributed by atoms with E-state index in [1.807, 2.05) is 0 Å². The van der Waals surface area contributed by atoms with E-state index in [2.05, 4.69) is 50.7 Å². The van der Waals surface area contributed by atoms with Gasteiger partial charge in [-0.05, 0) is 30.4 Å². The van der Waals surface area contributed by atoms with E-state index in [0.717, 1.165) is 10.8 Å². The Balaban J connectivity index is 2.17. The first-order chi connectivity index (χ1) is 8.24. The van der Waals surface area contributed by atoms with Crippen LogP contribution in [0.4, 0.5) is 0 Å². The number of rotatable bonds is 8. The molecule has 17 heavy (non-hydrogen) atoms. The second-order valence-electron chi connectivity index (χ2n) is 5.12. The van der Waals surface area contributed by atoms with Gasteiger partial charge in [-0.2, -0.15) is 0 Å². The molecule has 0 bridgehead atoms. The fraction of sp³-hybridized carbons (Fsp3) is 0.625. The SMILES string of the molecule is CCCCCC(C)CCCc1ccccc1S. The van der Waals surface area contributed by atoms with Crippen molar-refractivity contribution in [2.75, 3.05) is 0 Å². The highest BCUT2D eigenvalue weighted by atomic mass is 32.1. The zero-order chi connectivity index (χ0) is 12.5. The molecule has 0 saturated heterocycles. The number of hydrogen-bond acceptors (Lipinski definition) is 1. The fourth-order valence-electron chi connectivity index (χ4n) is 2.25. The lowest BCUT2D eigenvalue weighted by molar-refractivity contribution is 0.450. The molecule has 1 atom stereocenters. The lowest BCUT2D eigenvalue weighted by Gasteiger charge is -2.11. The second kappa shape index (κ2) is 8.63. The zero-order valence-corrected chi connectivity index (χ0v) is 12.2. The van der Waals surface area contributed by atoms with Crippen molar-refractivity contribution in [3.63, 3.8) is 0 Å². The van der Waals surface area contributed by atoms with E-state index in [9.17, 15) is 0 Å². The topological polar surface area (TPSA) is 0 Å². The summed E-state index contributed by atoms with van der Waals surface area (Å²) in [5, 5.41) is 0. The molecule has 1 heteroatoms. The van der Waals surface area contributed by atoms with E-state index in [1.165, 1.54) is 50.5 Å². The molecule has 0 aromatic heterocycles. The standard InChI is InChI=1S/C16H26S/c1-3-4-5-9-14(2)10-8-12-15-11-6-7-13-16(15)17/h6-7,11,13-14,17H,3-5,8-10,12H2,1-2H3. The molecule has 96 valence electrons. The van der Waals surface area contributed by atoms with Crippen LogP contribution in [0.5, 0.6) is 0 Å². The third kappa shape index (κ3) is 6.16. The van der Waals surface area contributed by atoms with Gasteiger partial charge in [-0.25, -0.2) is 0 Å². The molecule has 0 fully saturated rings. The maximum atomic E-state index is 4.49. The summed E-state index contributed by atoms with van der Waals surface area (Å²) in [7, 11) is 0. The summed E-state index contributed by atoms with van der Waals surface area (Å²) in [6, 6.07) is 8.45. The molecule has 0 heterocycles. The minimum atomic E-state index is 0.883. The van der Waals surface area contributed by atoms with Gasteiger partial charge < -0.3 is 0 Å². The molecule has 0 aliphatic heterocycles. The van der Waals surface area contributed by atoms with Gasteiger partial charge in [0.15, 0.2) is 0 Å². The fourth-order valence-corrected chi connectivity index (χ4v) is 2.52. The predicted octanol–water partition coefficient (Wildman–Crippen LogP) is 5.51. The van der Waals surface area contributed by atoms with Gasteiger partial charge in [-0.3, -0.25) is 0 Å². The molecule has 0 N–H and O–H groups in total. The number of unbranched alkanes of at least 4 members (excludes halogenated alkanes) is 2. The van der Waals surface area contributed by atoms with E-state index in [-0.39, 0.29) is 0 Å². The van der Waals surface area contributed by atoms with Crippen LogP contribution >= 0.6 is 12.6 Å². The first-order valence-corrected chi connectivity index (χ1v) is 7.45. The van der Waals surface area contributed by atoms with Gasteiger partial charge >= 0.3 is 0 Å². The van der Waals surface area contributed by atoms with Crippen molar-refractivity contribution in [1.29, 1.82) is 0 Å². The molecule has 0 nitrogen and oxygen atoms in total. The number of hydrogen-bond donors (Lipinski definition) is 1. The summed E-state index contributed by atoms with van der Waals surface area (Å²) in [5.74, 6) is 0.883. The molecule has 0 aliphatic rings. The van der Waals surface area contributed by atoms with Crippen molar-refractivity contribution in [2.24, 2.45) is 5.92 Å². The number of aryl methyl sites for hydroxylation is 1. The minimum absolute atomic E-state index is 0.883. The molecular weight excluding hydrogens is 224 g/mol. The Kier molecular flexibility index (Phi) is 7.43. The largest absolute Gasteiger partial charge is 0.143 e. The van der Waals surface area contributed by atoms with E-state index in [0.29, 0.717) is 0 Å². The minimum Gasteiger partial charge on any atom is -0.143 e. The van der Waals surface area contributed by atoms with Crippen molar-refractivity contribution < 1.29 is 0 Å². The Morgan fingerprint density at radius 1 is 1.06 bits per heavy atom. The lowest BCUT2D eigenvalue weighted by atomic mass is 9.96. The summed E-state index contributed by atoms with van der Waals surface area (Å²) in [6.45, 7) is 4.66. The molecule has 0 amide bonds. The molecule has 0 spiro atoms.